The standard InChI is InChI=1S/C15H26N2O3/c1-15(11-20-12-15)14(18)17-4-2-3-13(10-17)9-16-5-7-19-8-6-16/h13H,2-12H2,1H3/t13-/m0/s1. The Morgan fingerprint density at radius 3 is 2.60 bits per heavy atom. The monoisotopic (exact) mass is 282 g/mol. The summed E-state index contributed by atoms with van der Waals surface area (Å²) >= 11 is 0. The number of hydrogen-bond acceptors (Lipinski definition) is 4. The summed E-state index contributed by atoms with van der Waals surface area (Å²) in [6.07, 6.45) is 2.38. The molecule has 0 radical (unpaired) electrons. The van der Waals surface area contributed by atoms with Crippen LogP contribution in [0.3, 0.4) is 0 Å². The topological polar surface area (TPSA) is 42.0 Å². The molecule has 0 bridgehead atoms. The van der Waals surface area contributed by atoms with Gasteiger partial charge in [-0.05, 0) is 25.7 Å². The van der Waals surface area contributed by atoms with Crippen LogP contribution in [0.5, 0.6) is 0 Å². The summed E-state index contributed by atoms with van der Waals surface area (Å²) in [4.78, 5) is 17.1. The van der Waals surface area contributed by atoms with Crippen molar-refractivity contribution in [1.82, 2.24) is 9.80 Å². The Balaban J connectivity index is 1.52. The van der Waals surface area contributed by atoms with Gasteiger partial charge in [0.2, 0.25) is 5.91 Å². The van der Waals surface area contributed by atoms with Crippen molar-refractivity contribution in [3.63, 3.8) is 0 Å². The number of rotatable bonds is 3. The summed E-state index contributed by atoms with van der Waals surface area (Å²) < 4.78 is 10.6. The highest BCUT2D eigenvalue weighted by molar-refractivity contribution is 5.83. The van der Waals surface area contributed by atoms with Crippen LogP contribution < -0.4 is 0 Å². The first-order valence-corrected chi connectivity index (χ1v) is 7.85. The van der Waals surface area contributed by atoms with Crippen LogP contribution in [0.2, 0.25) is 0 Å². The highest BCUT2D eigenvalue weighted by atomic mass is 16.5. The van der Waals surface area contributed by atoms with Crippen molar-refractivity contribution >= 4 is 5.91 Å². The second kappa shape index (κ2) is 6.00. The van der Waals surface area contributed by atoms with Crippen LogP contribution in [0.4, 0.5) is 0 Å². The molecule has 0 aliphatic carbocycles. The third kappa shape index (κ3) is 3.00. The van der Waals surface area contributed by atoms with Gasteiger partial charge in [-0.3, -0.25) is 9.69 Å². The molecule has 5 heteroatoms. The van der Waals surface area contributed by atoms with Gasteiger partial charge >= 0.3 is 0 Å². The van der Waals surface area contributed by atoms with Crippen molar-refractivity contribution in [2.75, 3.05) is 59.2 Å². The lowest BCUT2D eigenvalue weighted by molar-refractivity contribution is -0.170. The molecule has 3 aliphatic heterocycles. The summed E-state index contributed by atoms with van der Waals surface area (Å²) in [5.74, 6) is 0.922. The van der Waals surface area contributed by atoms with Crippen LogP contribution in [0.25, 0.3) is 0 Å². The number of nitrogens with zero attached hydrogens (tertiary/aromatic N) is 2. The van der Waals surface area contributed by atoms with Crippen LogP contribution in [-0.2, 0) is 14.3 Å². The molecule has 0 aromatic carbocycles. The first kappa shape index (κ1) is 14.3. The highest BCUT2D eigenvalue weighted by Crippen LogP contribution is 2.31. The first-order chi connectivity index (χ1) is 9.67. The number of likely N-dealkylation sites (tertiary alicyclic amines) is 1. The van der Waals surface area contributed by atoms with Crippen LogP contribution in [0.1, 0.15) is 19.8 Å². The van der Waals surface area contributed by atoms with Crippen LogP contribution in [-0.4, -0.2) is 74.9 Å². The molecule has 0 aromatic heterocycles. The predicted octanol–water partition coefficient (Wildman–Crippen LogP) is 0.594. The van der Waals surface area contributed by atoms with Gasteiger partial charge in [0.15, 0.2) is 0 Å². The molecule has 0 saturated carbocycles. The summed E-state index contributed by atoms with van der Waals surface area (Å²) in [6.45, 7) is 9.96. The molecule has 3 saturated heterocycles. The Hall–Kier alpha value is -0.650. The molecule has 0 N–H and O–H groups in total. The Bertz CT molecular complexity index is 351. The second-order valence-corrected chi connectivity index (χ2v) is 6.73. The van der Waals surface area contributed by atoms with E-state index in [-0.39, 0.29) is 5.41 Å². The summed E-state index contributed by atoms with van der Waals surface area (Å²) in [7, 11) is 0. The minimum atomic E-state index is -0.249. The van der Waals surface area contributed by atoms with E-state index in [1.807, 2.05) is 6.92 Å². The average Bonchev–Trinajstić information content (AvgIpc) is 2.45. The van der Waals surface area contributed by atoms with E-state index in [9.17, 15) is 4.79 Å². The molecular weight excluding hydrogens is 256 g/mol. The molecular formula is C15H26N2O3. The highest BCUT2D eigenvalue weighted by Gasteiger charge is 2.44. The number of carbonyl (C=O) groups excluding carboxylic acids is 1. The van der Waals surface area contributed by atoms with E-state index in [0.717, 1.165) is 52.4 Å². The molecule has 3 fully saturated rings. The lowest BCUT2D eigenvalue weighted by atomic mass is 9.85. The molecule has 1 atom stereocenters. The summed E-state index contributed by atoms with van der Waals surface area (Å²) in [5.41, 5.74) is -0.249. The van der Waals surface area contributed by atoms with Crippen molar-refractivity contribution in [3.05, 3.63) is 0 Å². The maximum Gasteiger partial charge on any atom is 0.233 e. The Kier molecular flexibility index (Phi) is 4.29. The summed E-state index contributed by atoms with van der Waals surface area (Å²) in [5, 5.41) is 0. The van der Waals surface area contributed by atoms with Gasteiger partial charge in [-0.2, -0.15) is 0 Å². The number of piperidine rings is 1. The van der Waals surface area contributed by atoms with Crippen LogP contribution >= 0.6 is 0 Å². The minimum Gasteiger partial charge on any atom is -0.379 e. The molecule has 1 amide bonds. The first-order valence-electron chi connectivity index (χ1n) is 7.85. The zero-order valence-electron chi connectivity index (χ0n) is 12.5. The Labute approximate surface area is 121 Å². The number of hydrogen-bond donors (Lipinski definition) is 0. The van der Waals surface area contributed by atoms with E-state index in [1.165, 1.54) is 6.42 Å². The third-order valence-electron chi connectivity index (χ3n) is 4.78. The van der Waals surface area contributed by atoms with E-state index in [0.29, 0.717) is 25.0 Å². The molecule has 3 aliphatic rings. The SMILES string of the molecule is CC1(C(=O)N2CCC[C@@H](CN3CCOCC3)C2)COC1. The van der Waals surface area contributed by atoms with Gasteiger partial charge in [-0.25, -0.2) is 0 Å². The summed E-state index contributed by atoms with van der Waals surface area (Å²) in [6, 6.07) is 0. The molecule has 0 unspecified atom stereocenters. The maximum absolute atomic E-state index is 12.6. The van der Waals surface area contributed by atoms with E-state index >= 15 is 0 Å². The molecule has 3 heterocycles. The molecule has 114 valence electrons. The van der Waals surface area contributed by atoms with E-state index in [1.54, 1.807) is 0 Å². The molecule has 3 rings (SSSR count). The fourth-order valence-corrected chi connectivity index (χ4v) is 3.46. The predicted molar refractivity (Wildman–Crippen MR) is 75.5 cm³/mol. The van der Waals surface area contributed by atoms with E-state index in [2.05, 4.69) is 9.80 Å². The largest absolute Gasteiger partial charge is 0.379 e. The van der Waals surface area contributed by atoms with Gasteiger partial charge in [0.1, 0.15) is 0 Å². The van der Waals surface area contributed by atoms with E-state index in [4.69, 9.17) is 9.47 Å². The lowest BCUT2D eigenvalue weighted by Gasteiger charge is -2.43. The third-order valence-corrected chi connectivity index (χ3v) is 4.78. The van der Waals surface area contributed by atoms with Gasteiger partial charge in [0.05, 0.1) is 31.8 Å². The molecule has 20 heavy (non-hydrogen) atoms. The lowest BCUT2D eigenvalue weighted by Crippen LogP contribution is -2.56. The normalized spacial score (nSPS) is 30.9. The minimum absolute atomic E-state index is 0.249. The van der Waals surface area contributed by atoms with Gasteiger partial charge < -0.3 is 14.4 Å². The molecule has 0 spiro atoms. The van der Waals surface area contributed by atoms with Crippen molar-refractivity contribution in [2.24, 2.45) is 11.3 Å². The zero-order chi connectivity index (χ0) is 14.0. The smallest absolute Gasteiger partial charge is 0.233 e. The van der Waals surface area contributed by atoms with Gasteiger partial charge in [0.25, 0.3) is 0 Å². The number of carbonyl (C=O) groups is 1. The fourth-order valence-electron chi connectivity index (χ4n) is 3.46. The molecule has 0 aromatic rings. The Morgan fingerprint density at radius 1 is 1.20 bits per heavy atom. The van der Waals surface area contributed by atoms with Crippen molar-refractivity contribution in [2.45, 2.75) is 19.8 Å². The number of morpholine rings is 1. The van der Waals surface area contributed by atoms with Crippen molar-refractivity contribution in [1.29, 1.82) is 0 Å². The van der Waals surface area contributed by atoms with Crippen LogP contribution in [0.15, 0.2) is 0 Å². The van der Waals surface area contributed by atoms with E-state index < -0.39 is 0 Å². The van der Waals surface area contributed by atoms with Gasteiger partial charge in [0, 0.05) is 32.7 Å². The average molecular weight is 282 g/mol. The fraction of sp³-hybridized carbons (Fsp3) is 0.933. The second-order valence-electron chi connectivity index (χ2n) is 6.73. The number of amides is 1. The molecule has 5 nitrogen and oxygen atoms in total. The van der Waals surface area contributed by atoms with Gasteiger partial charge in [-0.1, -0.05) is 0 Å². The quantitative estimate of drug-likeness (QED) is 0.760. The Morgan fingerprint density at radius 2 is 1.95 bits per heavy atom. The van der Waals surface area contributed by atoms with Crippen molar-refractivity contribution < 1.29 is 14.3 Å². The number of ether oxygens (including phenoxy) is 2. The van der Waals surface area contributed by atoms with Gasteiger partial charge in [-0.15, -0.1) is 0 Å². The maximum atomic E-state index is 12.6. The van der Waals surface area contributed by atoms with Crippen LogP contribution in [0, 0.1) is 11.3 Å². The van der Waals surface area contributed by atoms with Crippen molar-refractivity contribution in [3.8, 4) is 0 Å². The zero-order valence-corrected chi connectivity index (χ0v) is 12.5.